The Bertz CT molecular complexity index is 1190. The highest BCUT2D eigenvalue weighted by Crippen LogP contribution is 2.22. The summed E-state index contributed by atoms with van der Waals surface area (Å²) in [7, 11) is 1.93. The fourth-order valence-corrected chi connectivity index (χ4v) is 3.89. The highest BCUT2D eigenvalue weighted by Gasteiger charge is 2.27. The Morgan fingerprint density at radius 1 is 1.06 bits per heavy atom. The highest BCUT2D eigenvalue weighted by atomic mass is 16.6. The number of aromatic nitrogens is 1. The van der Waals surface area contributed by atoms with Crippen molar-refractivity contribution in [3.8, 4) is 0 Å². The van der Waals surface area contributed by atoms with Gasteiger partial charge < -0.3 is 14.4 Å². The van der Waals surface area contributed by atoms with Gasteiger partial charge in [-0.05, 0) is 44.0 Å². The minimum atomic E-state index is -0.494. The first-order valence-corrected chi connectivity index (χ1v) is 11.7. The van der Waals surface area contributed by atoms with Crippen molar-refractivity contribution in [1.29, 1.82) is 0 Å². The molecule has 35 heavy (non-hydrogen) atoms. The summed E-state index contributed by atoms with van der Waals surface area (Å²) in [6.45, 7) is 6.14. The number of rotatable bonds is 10. The third-order valence-corrected chi connectivity index (χ3v) is 6.32. The zero-order chi connectivity index (χ0) is 25.5. The van der Waals surface area contributed by atoms with Gasteiger partial charge in [0.05, 0.1) is 11.5 Å². The van der Waals surface area contributed by atoms with Crippen LogP contribution in [0.15, 0.2) is 66.9 Å². The van der Waals surface area contributed by atoms with Crippen molar-refractivity contribution in [2.75, 3.05) is 6.54 Å². The fraction of sp³-hybridized carbons (Fsp3) is 0.333. The van der Waals surface area contributed by atoms with Crippen LogP contribution in [0.1, 0.15) is 47.4 Å². The van der Waals surface area contributed by atoms with Crippen LogP contribution in [0, 0.1) is 17.0 Å². The molecular formula is C27H32N4O4. The second kappa shape index (κ2) is 11.5. The number of nitrogens with zero attached hydrogens (tertiary/aromatic N) is 4. The lowest BCUT2D eigenvalue weighted by atomic mass is 10.1. The maximum Gasteiger partial charge on any atom is 0.273 e. The molecule has 1 unspecified atom stereocenters. The molecule has 2 aromatic carbocycles. The molecule has 1 heterocycles. The third kappa shape index (κ3) is 6.35. The van der Waals surface area contributed by atoms with Crippen LogP contribution in [0.2, 0.25) is 0 Å². The summed E-state index contributed by atoms with van der Waals surface area (Å²) in [5.41, 5.74) is 2.54. The second-order valence-electron chi connectivity index (χ2n) is 8.79. The number of nitro groups is 1. The number of carbonyl (C=O) groups is 2. The molecule has 3 rings (SSSR count). The van der Waals surface area contributed by atoms with Crippen molar-refractivity contribution in [3.05, 3.63) is 99.4 Å². The fourth-order valence-electron chi connectivity index (χ4n) is 3.89. The lowest BCUT2D eigenvalue weighted by molar-refractivity contribution is -0.385. The first-order valence-electron chi connectivity index (χ1n) is 11.7. The van der Waals surface area contributed by atoms with Crippen LogP contribution in [0.25, 0.3) is 0 Å². The Hall–Kier alpha value is -3.94. The minimum Gasteiger partial charge on any atom is -0.353 e. The molecule has 0 saturated heterocycles. The molecule has 0 radical (unpaired) electrons. The van der Waals surface area contributed by atoms with Gasteiger partial charge in [-0.3, -0.25) is 19.7 Å². The Morgan fingerprint density at radius 3 is 2.37 bits per heavy atom. The summed E-state index contributed by atoms with van der Waals surface area (Å²) in [5.74, 6) is -0.584. The van der Waals surface area contributed by atoms with Crippen molar-refractivity contribution in [3.63, 3.8) is 0 Å². The van der Waals surface area contributed by atoms with Gasteiger partial charge in [-0.1, -0.05) is 43.3 Å². The molecule has 8 nitrogen and oxygen atoms in total. The molecule has 1 atom stereocenters. The van der Waals surface area contributed by atoms with Gasteiger partial charge >= 0.3 is 0 Å². The predicted molar refractivity (Wildman–Crippen MR) is 135 cm³/mol. The summed E-state index contributed by atoms with van der Waals surface area (Å²) in [6, 6.07) is 17.8. The minimum absolute atomic E-state index is 0.110. The van der Waals surface area contributed by atoms with E-state index < -0.39 is 10.8 Å². The van der Waals surface area contributed by atoms with Crippen molar-refractivity contribution in [2.24, 2.45) is 7.05 Å². The van der Waals surface area contributed by atoms with Crippen LogP contribution in [0.3, 0.4) is 0 Å². The molecule has 0 N–H and O–H groups in total. The smallest absolute Gasteiger partial charge is 0.273 e. The molecule has 0 fully saturated rings. The maximum absolute atomic E-state index is 13.6. The van der Waals surface area contributed by atoms with Gasteiger partial charge in [0, 0.05) is 48.7 Å². The van der Waals surface area contributed by atoms with Gasteiger partial charge in [0.25, 0.3) is 11.6 Å². The number of hydrogen-bond donors (Lipinski definition) is 0. The van der Waals surface area contributed by atoms with Gasteiger partial charge in [-0.2, -0.15) is 0 Å². The number of amides is 2. The number of benzene rings is 2. The molecule has 3 aromatic rings. The van der Waals surface area contributed by atoms with Crippen LogP contribution in [-0.4, -0.2) is 43.7 Å². The first kappa shape index (κ1) is 25.7. The van der Waals surface area contributed by atoms with Gasteiger partial charge in [-0.15, -0.1) is 0 Å². The van der Waals surface area contributed by atoms with Crippen LogP contribution in [-0.2, 0) is 24.9 Å². The quantitative estimate of drug-likeness (QED) is 0.313. The van der Waals surface area contributed by atoms with E-state index in [2.05, 4.69) is 0 Å². The number of hydrogen-bond acceptors (Lipinski definition) is 4. The van der Waals surface area contributed by atoms with E-state index in [0.717, 1.165) is 11.3 Å². The zero-order valence-corrected chi connectivity index (χ0v) is 20.7. The van der Waals surface area contributed by atoms with E-state index in [9.17, 15) is 19.7 Å². The summed E-state index contributed by atoms with van der Waals surface area (Å²) in [6.07, 6.45) is 2.57. The summed E-state index contributed by atoms with van der Waals surface area (Å²) >= 11 is 0. The summed E-state index contributed by atoms with van der Waals surface area (Å²) in [5, 5.41) is 11.4. The van der Waals surface area contributed by atoms with E-state index in [1.165, 1.54) is 11.0 Å². The van der Waals surface area contributed by atoms with E-state index in [1.807, 2.05) is 74.1 Å². The molecule has 0 saturated carbocycles. The van der Waals surface area contributed by atoms with Gasteiger partial charge in [0.1, 0.15) is 6.54 Å². The van der Waals surface area contributed by atoms with Gasteiger partial charge in [-0.25, -0.2) is 0 Å². The van der Waals surface area contributed by atoms with E-state index in [-0.39, 0.29) is 29.7 Å². The van der Waals surface area contributed by atoms with Crippen molar-refractivity contribution in [1.82, 2.24) is 14.4 Å². The lowest BCUT2D eigenvalue weighted by Crippen LogP contribution is -2.46. The van der Waals surface area contributed by atoms with Crippen molar-refractivity contribution < 1.29 is 14.5 Å². The Kier molecular flexibility index (Phi) is 8.41. The maximum atomic E-state index is 13.6. The molecule has 0 aliphatic carbocycles. The SMILES string of the molecule is CCC(C)N(CC(=O)N(Cc1ccccc1)Cc1cccn1C)C(=O)c1ccc(C)c([N+](=O)[O-])c1. The topological polar surface area (TPSA) is 88.7 Å². The van der Waals surface area contributed by atoms with Gasteiger partial charge in [0.2, 0.25) is 5.91 Å². The summed E-state index contributed by atoms with van der Waals surface area (Å²) < 4.78 is 1.97. The Labute approximate surface area is 205 Å². The van der Waals surface area contributed by atoms with Crippen LogP contribution < -0.4 is 0 Å². The monoisotopic (exact) mass is 476 g/mol. The molecule has 0 aliphatic heterocycles. The molecule has 0 aliphatic rings. The van der Waals surface area contributed by atoms with E-state index in [1.54, 1.807) is 24.0 Å². The largest absolute Gasteiger partial charge is 0.353 e. The van der Waals surface area contributed by atoms with E-state index in [0.29, 0.717) is 25.1 Å². The average molecular weight is 477 g/mol. The number of nitro benzene ring substituents is 1. The van der Waals surface area contributed by atoms with Crippen LogP contribution in [0.5, 0.6) is 0 Å². The second-order valence-corrected chi connectivity index (χ2v) is 8.79. The third-order valence-electron chi connectivity index (χ3n) is 6.32. The Balaban J connectivity index is 1.88. The number of carbonyl (C=O) groups excluding carboxylic acids is 2. The standard InChI is InChI=1S/C27H32N4O4/c1-5-21(3)30(27(33)23-14-13-20(2)25(16-23)31(34)35)19-26(32)29(17-22-10-7-6-8-11-22)18-24-12-9-15-28(24)4/h6-16,21H,5,17-19H2,1-4H3. The lowest BCUT2D eigenvalue weighted by Gasteiger charge is -2.31. The van der Waals surface area contributed by atoms with E-state index in [4.69, 9.17) is 0 Å². The molecule has 1 aromatic heterocycles. The predicted octanol–water partition coefficient (Wildman–Crippen LogP) is 4.71. The van der Waals surface area contributed by atoms with Crippen LogP contribution >= 0.6 is 0 Å². The average Bonchev–Trinajstić information content (AvgIpc) is 3.26. The Morgan fingerprint density at radius 2 is 1.77 bits per heavy atom. The summed E-state index contributed by atoms with van der Waals surface area (Å²) in [4.78, 5) is 41.2. The molecule has 0 spiro atoms. The van der Waals surface area contributed by atoms with Crippen molar-refractivity contribution in [2.45, 2.75) is 46.3 Å². The molecule has 0 bridgehead atoms. The van der Waals surface area contributed by atoms with Crippen molar-refractivity contribution >= 4 is 17.5 Å². The van der Waals surface area contributed by atoms with E-state index >= 15 is 0 Å². The highest BCUT2D eigenvalue weighted by molar-refractivity contribution is 5.97. The molecule has 184 valence electrons. The number of aryl methyl sites for hydroxylation is 2. The normalized spacial score (nSPS) is 11.7. The molecular weight excluding hydrogens is 444 g/mol. The van der Waals surface area contributed by atoms with Crippen LogP contribution in [0.4, 0.5) is 5.69 Å². The first-order chi connectivity index (χ1) is 16.7. The zero-order valence-electron chi connectivity index (χ0n) is 20.7. The molecule has 2 amide bonds. The molecule has 8 heteroatoms. The van der Waals surface area contributed by atoms with Gasteiger partial charge in [0.15, 0.2) is 0 Å².